The van der Waals surface area contributed by atoms with E-state index in [4.69, 9.17) is 23.2 Å². The number of nitrogens with one attached hydrogen (secondary N) is 2. The molecular formula is C29H35Cl2F3N4O4S. The minimum Gasteiger partial charge on any atom is -0.353 e. The number of carbonyl (C=O) groups excluding carboxylic acids is 2. The number of sulfone groups is 1. The summed E-state index contributed by atoms with van der Waals surface area (Å²) in [6.45, 7) is 3.73. The summed E-state index contributed by atoms with van der Waals surface area (Å²) in [5.74, 6) is -1.58. The Kier molecular flexibility index (Phi) is 10.7. The topological polar surface area (TPSA) is 98.8 Å². The van der Waals surface area contributed by atoms with Crippen LogP contribution in [0.1, 0.15) is 54.1 Å². The van der Waals surface area contributed by atoms with E-state index < -0.39 is 27.5 Å². The van der Waals surface area contributed by atoms with Gasteiger partial charge in [0, 0.05) is 41.8 Å². The van der Waals surface area contributed by atoms with Crippen molar-refractivity contribution >= 4 is 50.5 Å². The zero-order chi connectivity index (χ0) is 31.5. The van der Waals surface area contributed by atoms with Crippen LogP contribution in [0.25, 0.3) is 0 Å². The highest BCUT2D eigenvalue weighted by Gasteiger charge is 2.37. The molecule has 1 atom stereocenters. The number of anilines is 1. The number of hydrogen-bond acceptors (Lipinski definition) is 6. The van der Waals surface area contributed by atoms with Crippen molar-refractivity contribution in [3.63, 3.8) is 0 Å². The molecule has 0 unspecified atom stereocenters. The molecule has 0 saturated carbocycles. The standard InChI is InChI=1S/C29H35Cl2F3N4O4S/c1-3-43(41,42)26-7-6-20(30)15-25(26)37(2)28(40)19-13-23(29(32,33)34)22(24(31)14-19)17-38-12-4-5-18(16-38)27(39)36-21-8-10-35-11-9-21/h6-7,13-15,18,21,35H,3-5,8-12,16-17H2,1-2H3,(H,36,39)/t18-/m0/s1. The smallest absolute Gasteiger partial charge is 0.353 e. The van der Waals surface area contributed by atoms with Gasteiger partial charge in [-0.25, -0.2) is 8.42 Å². The van der Waals surface area contributed by atoms with Crippen molar-refractivity contribution in [3.05, 3.63) is 57.1 Å². The number of piperidine rings is 2. The van der Waals surface area contributed by atoms with Gasteiger partial charge < -0.3 is 15.5 Å². The number of amides is 2. The number of alkyl halides is 3. The molecule has 2 aliphatic heterocycles. The molecule has 8 nitrogen and oxygen atoms in total. The molecule has 0 radical (unpaired) electrons. The molecule has 2 saturated heterocycles. The first kappa shape index (κ1) is 33.5. The molecule has 236 valence electrons. The van der Waals surface area contributed by atoms with E-state index in [-0.39, 0.29) is 68.5 Å². The molecule has 2 aromatic rings. The third-order valence-electron chi connectivity index (χ3n) is 7.99. The van der Waals surface area contributed by atoms with E-state index in [0.717, 1.165) is 43.0 Å². The third-order valence-corrected chi connectivity index (χ3v) is 10.3. The summed E-state index contributed by atoms with van der Waals surface area (Å²) >= 11 is 12.5. The number of halogens is 5. The zero-order valence-electron chi connectivity index (χ0n) is 23.9. The van der Waals surface area contributed by atoms with Gasteiger partial charge in [0.05, 0.1) is 27.8 Å². The molecule has 2 amide bonds. The van der Waals surface area contributed by atoms with Crippen LogP contribution < -0.4 is 15.5 Å². The van der Waals surface area contributed by atoms with Crippen molar-refractivity contribution in [3.8, 4) is 0 Å². The Morgan fingerprint density at radius 1 is 1.12 bits per heavy atom. The van der Waals surface area contributed by atoms with Crippen molar-refractivity contribution in [2.45, 2.75) is 56.3 Å². The van der Waals surface area contributed by atoms with E-state index in [1.165, 1.54) is 32.2 Å². The van der Waals surface area contributed by atoms with Crippen molar-refractivity contribution in [2.75, 3.05) is 43.9 Å². The number of benzene rings is 2. The van der Waals surface area contributed by atoms with Crippen LogP contribution in [0.4, 0.5) is 18.9 Å². The van der Waals surface area contributed by atoms with Crippen LogP contribution in [-0.4, -0.2) is 70.2 Å². The molecule has 2 aliphatic rings. The molecule has 2 aromatic carbocycles. The fraction of sp³-hybridized carbons (Fsp3) is 0.517. The Morgan fingerprint density at radius 3 is 2.47 bits per heavy atom. The molecule has 0 aromatic heterocycles. The van der Waals surface area contributed by atoms with Gasteiger partial charge in [-0.1, -0.05) is 30.1 Å². The van der Waals surface area contributed by atoms with Crippen LogP contribution in [0.2, 0.25) is 10.0 Å². The van der Waals surface area contributed by atoms with Crippen molar-refractivity contribution < 1.29 is 31.2 Å². The Morgan fingerprint density at radius 2 is 1.81 bits per heavy atom. The summed E-state index contributed by atoms with van der Waals surface area (Å²) in [4.78, 5) is 28.9. The first-order valence-electron chi connectivity index (χ1n) is 14.1. The van der Waals surface area contributed by atoms with Crippen LogP contribution in [0.5, 0.6) is 0 Å². The minimum absolute atomic E-state index is 0.0600. The van der Waals surface area contributed by atoms with Gasteiger partial charge in [0.2, 0.25) is 5.91 Å². The lowest BCUT2D eigenvalue weighted by Crippen LogP contribution is -2.48. The molecule has 43 heavy (non-hydrogen) atoms. The summed E-state index contributed by atoms with van der Waals surface area (Å²) in [5.41, 5.74) is -1.67. The van der Waals surface area contributed by atoms with E-state index in [9.17, 15) is 31.2 Å². The lowest BCUT2D eigenvalue weighted by molar-refractivity contribution is -0.138. The lowest BCUT2D eigenvalue weighted by atomic mass is 9.94. The van der Waals surface area contributed by atoms with Gasteiger partial charge in [0.25, 0.3) is 5.91 Å². The van der Waals surface area contributed by atoms with Crippen molar-refractivity contribution in [2.24, 2.45) is 5.92 Å². The van der Waals surface area contributed by atoms with Gasteiger partial charge in [-0.2, -0.15) is 13.2 Å². The quantitative estimate of drug-likeness (QED) is 0.405. The molecule has 0 bridgehead atoms. The fourth-order valence-electron chi connectivity index (χ4n) is 5.57. The minimum atomic E-state index is -4.83. The number of likely N-dealkylation sites (tertiary alicyclic amines) is 1. The molecule has 2 N–H and O–H groups in total. The van der Waals surface area contributed by atoms with E-state index in [1.54, 1.807) is 4.90 Å². The predicted molar refractivity (Wildman–Crippen MR) is 160 cm³/mol. The molecule has 0 aliphatic carbocycles. The van der Waals surface area contributed by atoms with E-state index in [1.807, 2.05) is 0 Å². The normalized spacial score (nSPS) is 18.8. The summed E-state index contributed by atoms with van der Waals surface area (Å²) in [5, 5.41) is 6.23. The first-order valence-corrected chi connectivity index (χ1v) is 16.6. The molecule has 2 heterocycles. The Balaban J connectivity index is 1.58. The maximum absolute atomic E-state index is 14.4. The summed E-state index contributed by atoms with van der Waals surface area (Å²) in [6.07, 6.45) is -1.87. The van der Waals surface area contributed by atoms with Crippen LogP contribution in [0.3, 0.4) is 0 Å². The number of rotatable bonds is 8. The lowest BCUT2D eigenvalue weighted by Gasteiger charge is -2.34. The van der Waals surface area contributed by atoms with E-state index in [0.29, 0.717) is 19.4 Å². The summed E-state index contributed by atoms with van der Waals surface area (Å²) in [6, 6.07) is 5.89. The highest BCUT2D eigenvalue weighted by atomic mass is 35.5. The SMILES string of the molecule is CCS(=O)(=O)c1ccc(Cl)cc1N(C)C(=O)c1cc(Cl)c(CN2CCC[C@H](C(=O)NC3CCNCC3)C2)c(C(F)(F)F)c1. The molecule has 4 rings (SSSR count). The monoisotopic (exact) mass is 662 g/mol. The van der Waals surface area contributed by atoms with Crippen LogP contribution in [-0.2, 0) is 27.4 Å². The Hall–Kier alpha value is -2.38. The molecule has 0 spiro atoms. The summed E-state index contributed by atoms with van der Waals surface area (Å²) in [7, 11) is -2.52. The molecule has 2 fully saturated rings. The molecular weight excluding hydrogens is 628 g/mol. The maximum Gasteiger partial charge on any atom is 0.416 e. The van der Waals surface area contributed by atoms with Gasteiger partial charge in [-0.3, -0.25) is 14.5 Å². The second-order valence-corrected chi connectivity index (χ2v) is 14.1. The second-order valence-electron chi connectivity index (χ2n) is 11.0. The van der Waals surface area contributed by atoms with Crippen LogP contribution >= 0.6 is 23.2 Å². The first-order chi connectivity index (χ1) is 20.2. The second kappa shape index (κ2) is 13.7. The fourth-order valence-corrected chi connectivity index (χ4v) is 7.12. The third kappa shape index (κ3) is 8.02. The highest BCUT2D eigenvalue weighted by molar-refractivity contribution is 7.91. The largest absolute Gasteiger partial charge is 0.416 e. The number of carbonyl (C=O) groups is 2. The Bertz CT molecular complexity index is 1470. The highest BCUT2D eigenvalue weighted by Crippen LogP contribution is 2.38. The van der Waals surface area contributed by atoms with Crippen LogP contribution in [0.15, 0.2) is 35.2 Å². The van der Waals surface area contributed by atoms with Crippen molar-refractivity contribution in [1.82, 2.24) is 15.5 Å². The van der Waals surface area contributed by atoms with E-state index in [2.05, 4.69) is 10.6 Å². The van der Waals surface area contributed by atoms with Crippen molar-refractivity contribution in [1.29, 1.82) is 0 Å². The van der Waals surface area contributed by atoms with E-state index >= 15 is 0 Å². The maximum atomic E-state index is 14.4. The van der Waals surface area contributed by atoms with Gasteiger partial charge in [0.15, 0.2) is 9.84 Å². The predicted octanol–water partition coefficient (Wildman–Crippen LogP) is 5.16. The average molecular weight is 664 g/mol. The Labute approximate surface area is 259 Å². The number of hydrogen-bond donors (Lipinski definition) is 2. The van der Waals surface area contributed by atoms with Gasteiger partial charge in [-0.15, -0.1) is 0 Å². The average Bonchev–Trinajstić information content (AvgIpc) is 2.97. The van der Waals surface area contributed by atoms with Gasteiger partial charge >= 0.3 is 6.18 Å². The number of nitrogens with zero attached hydrogens (tertiary/aromatic N) is 2. The molecule has 14 heteroatoms. The van der Waals surface area contributed by atoms with Crippen LogP contribution in [0, 0.1) is 5.92 Å². The van der Waals surface area contributed by atoms with Gasteiger partial charge in [0.1, 0.15) is 0 Å². The zero-order valence-corrected chi connectivity index (χ0v) is 26.3. The van der Waals surface area contributed by atoms with Gasteiger partial charge in [-0.05, 0) is 81.2 Å². The summed E-state index contributed by atoms with van der Waals surface area (Å²) < 4.78 is 68.4.